The summed E-state index contributed by atoms with van der Waals surface area (Å²) in [6, 6.07) is 16.7. The fraction of sp³-hybridized carbons (Fsp3) is 0.250. The lowest BCUT2D eigenvalue weighted by molar-refractivity contribution is 0.0751. The molecular weight excluding hydrogens is 411 g/mol. The largest absolute Gasteiger partial charge is 0.368 e. The van der Waals surface area contributed by atoms with Crippen LogP contribution in [0.15, 0.2) is 54.6 Å². The third kappa shape index (κ3) is 3.70. The third-order valence-corrected chi connectivity index (χ3v) is 6.86. The maximum absolute atomic E-state index is 13.3. The van der Waals surface area contributed by atoms with Crippen LogP contribution in [-0.4, -0.2) is 46.8 Å². The molecule has 5 nitrogen and oxygen atoms in total. The number of carbonyl (C=O) groups is 1. The number of piperazine rings is 1. The van der Waals surface area contributed by atoms with Gasteiger partial charge in [0.15, 0.2) is 0 Å². The van der Waals surface area contributed by atoms with Crippen molar-refractivity contribution in [1.82, 2.24) is 14.7 Å². The maximum atomic E-state index is 13.3. The van der Waals surface area contributed by atoms with Crippen LogP contribution >= 0.6 is 11.3 Å². The zero-order valence-electron chi connectivity index (χ0n) is 17.5. The lowest BCUT2D eigenvalue weighted by atomic mass is 10.2. The number of halogens is 1. The van der Waals surface area contributed by atoms with E-state index in [0.717, 1.165) is 39.6 Å². The predicted octanol–water partition coefficient (Wildman–Crippen LogP) is 4.81. The number of rotatable bonds is 3. The van der Waals surface area contributed by atoms with E-state index in [9.17, 15) is 9.18 Å². The molecular formula is C24H23FN4OS. The average Bonchev–Trinajstić information content (AvgIpc) is 3.35. The zero-order chi connectivity index (χ0) is 21.5. The maximum Gasteiger partial charge on any atom is 0.264 e. The van der Waals surface area contributed by atoms with E-state index < -0.39 is 0 Å². The first-order valence-corrected chi connectivity index (χ1v) is 11.2. The van der Waals surface area contributed by atoms with E-state index in [2.05, 4.69) is 41.2 Å². The highest BCUT2D eigenvalue weighted by Crippen LogP contribution is 2.31. The SMILES string of the molecule is Cc1cccc(N2CCN(C(=O)c3cc4c(C)nn(-c5ccc(F)cc5)c4s3)CC2)c1. The number of anilines is 1. The van der Waals surface area contributed by atoms with Crippen molar-refractivity contribution >= 4 is 33.1 Å². The van der Waals surface area contributed by atoms with Gasteiger partial charge in [0, 0.05) is 37.3 Å². The van der Waals surface area contributed by atoms with Gasteiger partial charge in [-0.25, -0.2) is 9.07 Å². The Labute approximate surface area is 184 Å². The van der Waals surface area contributed by atoms with Crippen LogP contribution in [0.4, 0.5) is 10.1 Å². The predicted molar refractivity (Wildman–Crippen MR) is 123 cm³/mol. The molecule has 0 atom stereocenters. The van der Waals surface area contributed by atoms with E-state index in [1.54, 1.807) is 16.8 Å². The summed E-state index contributed by atoms with van der Waals surface area (Å²) in [5.74, 6) is -0.217. The van der Waals surface area contributed by atoms with Gasteiger partial charge in [-0.3, -0.25) is 4.79 Å². The van der Waals surface area contributed by atoms with Gasteiger partial charge in [-0.15, -0.1) is 11.3 Å². The van der Waals surface area contributed by atoms with Crippen LogP contribution in [0.1, 0.15) is 20.9 Å². The molecule has 1 aliphatic rings. The second kappa shape index (κ2) is 7.81. The molecule has 5 rings (SSSR count). The number of aromatic nitrogens is 2. The Bertz CT molecular complexity index is 1250. The van der Waals surface area contributed by atoms with Crippen LogP contribution in [0.3, 0.4) is 0 Å². The highest BCUT2D eigenvalue weighted by molar-refractivity contribution is 7.20. The number of benzene rings is 2. The quantitative estimate of drug-likeness (QED) is 0.465. The Balaban J connectivity index is 1.36. The number of nitrogens with zero attached hydrogens (tertiary/aromatic N) is 4. The van der Waals surface area contributed by atoms with Gasteiger partial charge >= 0.3 is 0 Å². The number of fused-ring (bicyclic) bond motifs is 1. The monoisotopic (exact) mass is 434 g/mol. The molecule has 0 N–H and O–H groups in total. The average molecular weight is 435 g/mol. The highest BCUT2D eigenvalue weighted by atomic mass is 32.1. The molecule has 3 heterocycles. The fourth-order valence-corrected chi connectivity index (χ4v) is 5.21. The normalized spacial score (nSPS) is 14.4. The van der Waals surface area contributed by atoms with Crippen LogP contribution in [-0.2, 0) is 0 Å². The van der Waals surface area contributed by atoms with Crippen molar-refractivity contribution in [3.8, 4) is 5.69 Å². The first-order chi connectivity index (χ1) is 15.0. The number of hydrogen-bond donors (Lipinski definition) is 0. The first kappa shape index (κ1) is 19.8. The van der Waals surface area contributed by atoms with Crippen LogP contribution in [0.25, 0.3) is 15.9 Å². The number of amides is 1. The minimum atomic E-state index is -0.282. The van der Waals surface area contributed by atoms with Gasteiger partial charge in [-0.1, -0.05) is 12.1 Å². The lowest BCUT2D eigenvalue weighted by Gasteiger charge is -2.36. The first-order valence-electron chi connectivity index (χ1n) is 10.4. The van der Waals surface area contributed by atoms with Gasteiger partial charge < -0.3 is 9.80 Å². The molecule has 2 aromatic carbocycles. The van der Waals surface area contributed by atoms with Crippen LogP contribution in [0.2, 0.25) is 0 Å². The summed E-state index contributed by atoms with van der Waals surface area (Å²) in [5, 5.41) is 5.55. The summed E-state index contributed by atoms with van der Waals surface area (Å²) in [6.45, 7) is 7.07. The molecule has 1 amide bonds. The van der Waals surface area contributed by atoms with Crippen molar-refractivity contribution in [2.45, 2.75) is 13.8 Å². The van der Waals surface area contributed by atoms with Gasteiger partial charge in [0.2, 0.25) is 0 Å². The minimum Gasteiger partial charge on any atom is -0.368 e. The molecule has 1 saturated heterocycles. The standard InChI is InChI=1S/C24H23FN4OS/c1-16-4-3-5-20(14-16)27-10-12-28(13-11-27)23(30)22-15-21-17(2)26-29(24(21)31-22)19-8-6-18(25)7-9-19/h3-9,14-15H,10-13H2,1-2H3. The molecule has 1 aliphatic heterocycles. The highest BCUT2D eigenvalue weighted by Gasteiger charge is 2.25. The summed E-state index contributed by atoms with van der Waals surface area (Å²) in [5.41, 5.74) is 4.10. The second-order valence-corrected chi connectivity index (χ2v) is 8.95. The van der Waals surface area contributed by atoms with Crippen molar-refractivity contribution in [2.75, 3.05) is 31.1 Å². The summed E-state index contributed by atoms with van der Waals surface area (Å²) < 4.78 is 15.1. The number of carbonyl (C=O) groups excluding carboxylic acids is 1. The lowest BCUT2D eigenvalue weighted by Crippen LogP contribution is -2.48. The summed E-state index contributed by atoms with van der Waals surface area (Å²) in [7, 11) is 0. The van der Waals surface area contributed by atoms with Crippen molar-refractivity contribution in [3.63, 3.8) is 0 Å². The van der Waals surface area contributed by atoms with Crippen molar-refractivity contribution in [3.05, 3.63) is 76.5 Å². The Morgan fingerprint density at radius 1 is 0.968 bits per heavy atom. The van der Waals surface area contributed by atoms with E-state index in [-0.39, 0.29) is 11.7 Å². The number of aryl methyl sites for hydroxylation is 2. The topological polar surface area (TPSA) is 41.4 Å². The molecule has 0 unspecified atom stereocenters. The van der Waals surface area contributed by atoms with E-state index >= 15 is 0 Å². The van der Waals surface area contributed by atoms with E-state index in [4.69, 9.17) is 0 Å². The molecule has 0 saturated carbocycles. The zero-order valence-corrected chi connectivity index (χ0v) is 18.3. The molecule has 0 bridgehead atoms. The molecule has 31 heavy (non-hydrogen) atoms. The van der Waals surface area contributed by atoms with E-state index in [1.807, 2.05) is 17.9 Å². The van der Waals surface area contributed by atoms with Crippen LogP contribution < -0.4 is 4.90 Å². The second-order valence-electron chi connectivity index (χ2n) is 7.92. The Morgan fingerprint density at radius 3 is 2.42 bits per heavy atom. The van der Waals surface area contributed by atoms with Gasteiger partial charge in [0.1, 0.15) is 10.6 Å². The Kier molecular flexibility index (Phi) is 4.98. The number of thiophene rings is 1. The van der Waals surface area contributed by atoms with Gasteiger partial charge in [-0.2, -0.15) is 5.10 Å². The van der Waals surface area contributed by atoms with E-state index in [0.29, 0.717) is 13.1 Å². The molecule has 1 fully saturated rings. The van der Waals surface area contributed by atoms with Crippen molar-refractivity contribution in [2.24, 2.45) is 0 Å². The molecule has 158 valence electrons. The fourth-order valence-electron chi connectivity index (χ4n) is 4.06. The smallest absolute Gasteiger partial charge is 0.264 e. The summed E-state index contributed by atoms with van der Waals surface area (Å²) >= 11 is 1.45. The molecule has 7 heteroatoms. The molecule has 4 aromatic rings. The van der Waals surface area contributed by atoms with Crippen LogP contribution in [0, 0.1) is 19.7 Å². The summed E-state index contributed by atoms with van der Waals surface area (Å²) in [6.07, 6.45) is 0. The molecule has 0 spiro atoms. The van der Waals surface area contributed by atoms with Crippen LogP contribution in [0.5, 0.6) is 0 Å². The van der Waals surface area contributed by atoms with Crippen molar-refractivity contribution in [1.29, 1.82) is 0 Å². The Morgan fingerprint density at radius 2 is 1.71 bits per heavy atom. The number of hydrogen-bond acceptors (Lipinski definition) is 4. The third-order valence-electron chi connectivity index (χ3n) is 5.76. The van der Waals surface area contributed by atoms with Crippen molar-refractivity contribution < 1.29 is 9.18 Å². The molecule has 0 radical (unpaired) electrons. The minimum absolute atomic E-state index is 0.0650. The Hall–Kier alpha value is -3.19. The summed E-state index contributed by atoms with van der Waals surface area (Å²) in [4.78, 5) is 19.1. The molecule has 2 aromatic heterocycles. The molecule has 0 aliphatic carbocycles. The van der Waals surface area contributed by atoms with Gasteiger partial charge in [-0.05, 0) is 61.9 Å². The van der Waals surface area contributed by atoms with Gasteiger partial charge in [0.25, 0.3) is 5.91 Å². The van der Waals surface area contributed by atoms with E-state index in [1.165, 1.54) is 34.7 Å². The van der Waals surface area contributed by atoms with Gasteiger partial charge in [0.05, 0.1) is 16.3 Å².